The molecule has 0 saturated heterocycles. The van der Waals surface area contributed by atoms with Crippen molar-refractivity contribution in [2.45, 2.75) is 20.4 Å². The number of hydrogen-bond donors (Lipinski definition) is 2. The summed E-state index contributed by atoms with van der Waals surface area (Å²) in [6.07, 6.45) is 0. The highest BCUT2D eigenvalue weighted by Crippen LogP contribution is 2.15. The second-order valence-electron chi connectivity index (χ2n) is 3.64. The first-order valence-corrected chi connectivity index (χ1v) is 5.83. The quantitative estimate of drug-likeness (QED) is 0.797. The predicted molar refractivity (Wildman–Crippen MR) is 75.2 cm³/mol. The lowest BCUT2D eigenvalue weighted by molar-refractivity contribution is 0.296. The van der Waals surface area contributed by atoms with Crippen LogP contribution in [0.15, 0.2) is 18.2 Å². The average molecular weight is 278 g/mol. The molecule has 0 radical (unpaired) electrons. The Morgan fingerprint density at radius 1 is 1.24 bits per heavy atom. The summed E-state index contributed by atoms with van der Waals surface area (Å²) in [7, 11) is -1.47. The van der Waals surface area contributed by atoms with Crippen LogP contribution >= 0.6 is 24.0 Å². The molecule has 0 heterocycles. The van der Waals surface area contributed by atoms with E-state index in [1.54, 1.807) is 18.2 Å². The van der Waals surface area contributed by atoms with Crippen LogP contribution in [0.1, 0.15) is 19.4 Å². The van der Waals surface area contributed by atoms with Crippen LogP contribution in [0.4, 0.5) is 0 Å². The standard InChI is InChI=1S/C11H17BClNO2.ClH/c1-3-14(4-2)8-9-10(12(15)16)6-5-7-11(9)13;/h5-7,15-16H,3-4,8H2,1-2H3;1H. The van der Waals surface area contributed by atoms with E-state index in [0.717, 1.165) is 18.7 Å². The van der Waals surface area contributed by atoms with Gasteiger partial charge < -0.3 is 10.0 Å². The van der Waals surface area contributed by atoms with Crippen molar-refractivity contribution in [3.05, 3.63) is 28.8 Å². The van der Waals surface area contributed by atoms with Crippen molar-refractivity contribution in [3.8, 4) is 0 Å². The van der Waals surface area contributed by atoms with Crippen LogP contribution < -0.4 is 5.46 Å². The normalized spacial score (nSPS) is 10.2. The maximum atomic E-state index is 9.27. The number of benzene rings is 1. The lowest BCUT2D eigenvalue weighted by atomic mass is 9.77. The van der Waals surface area contributed by atoms with E-state index in [0.29, 0.717) is 17.0 Å². The highest BCUT2D eigenvalue weighted by atomic mass is 35.5. The summed E-state index contributed by atoms with van der Waals surface area (Å²) in [5, 5.41) is 19.1. The van der Waals surface area contributed by atoms with E-state index in [-0.39, 0.29) is 12.4 Å². The van der Waals surface area contributed by atoms with Gasteiger partial charge in [-0.25, -0.2) is 0 Å². The van der Waals surface area contributed by atoms with Crippen LogP contribution in [0.2, 0.25) is 5.02 Å². The molecule has 0 atom stereocenters. The summed E-state index contributed by atoms with van der Waals surface area (Å²) in [6.45, 7) is 6.58. The van der Waals surface area contributed by atoms with E-state index in [2.05, 4.69) is 18.7 Å². The Morgan fingerprint density at radius 2 is 1.82 bits per heavy atom. The van der Waals surface area contributed by atoms with Gasteiger partial charge in [-0.1, -0.05) is 37.6 Å². The molecule has 2 N–H and O–H groups in total. The molecule has 3 nitrogen and oxygen atoms in total. The molecule has 0 saturated carbocycles. The van der Waals surface area contributed by atoms with Gasteiger partial charge in [0.25, 0.3) is 0 Å². The van der Waals surface area contributed by atoms with Gasteiger partial charge >= 0.3 is 7.12 Å². The van der Waals surface area contributed by atoms with E-state index >= 15 is 0 Å². The SMILES string of the molecule is CCN(CC)Cc1c(Cl)cccc1B(O)O.Cl. The third-order valence-corrected chi connectivity index (χ3v) is 3.06. The minimum absolute atomic E-state index is 0. The van der Waals surface area contributed by atoms with Gasteiger partial charge in [0, 0.05) is 11.6 Å². The van der Waals surface area contributed by atoms with Crippen LogP contribution in [0, 0.1) is 0 Å². The molecule has 96 valence electrons. The van der Waals surface area contributed by atoms with E-state index in [4.69, 9.17) is 11.6 Å². The topological polar surface area (TPSA) is 43.7 Å². The largest absolute Gasteiger partial charge is 0.488 e. The first-order chi connectivity index (χ1) is 7.60. The van der Waals surface area contributed by atoms with Gasteiger partial charge in [-0.15, -0.1) is 12.4 Å². The van der Waals surface area contributed by atoms with Gasteiger partial charge in [-0.3, -0.25) is 4.90 Å². The smallest absolute Gasteiger partial charge is 0.423 e. The Morgan fingerprint density at radius 3 is 2.29 bits per heavy atom. The number of halogens is 2. The molecule has 0 aliphatic heterocycles. The summed E-state index contributed by atoms with van der Waals surface area (Å²) in [4.78, 5) is 2.17. The number of hydrogen-bond acceptors (Lipinski definition) is 3. The molecule has 0 bridgehead atoms. The van der Waals surface area contributed by atoms with Crippen molar-refractivity contribution in [2.75, 3.05) is 13.1 Å². The van der Waals surface area contributed by atoms with Gasteiger partial charge in [-0.05, 0) is 30.2 Å². The van der Waals surface area contributed by atoms with Crippen LogP contribution in [-0.2, 0) is 6.54 Å². The number of nitrogens with zero attached hydrogens (tertiary/aromatic N) is 1. The first-order valence-electron chi connectivity index (χ1n) is 5.45. The fraction of sp³-hybridized carbons (Fsp3) is 0.455. The van der Waals surface area contributed by atoms with Crippen LogP contribution in [-0.4, -0.2) is 35.2 Å². The van der Waals surface area contributed by atoms with E-state index < -0.39 is 7.12 Å². The van der Waals surface area contributed by atoms with Gasteiger partial charge in [0.1, 0.15) is 0 Å². The molecule has 0 aliphatic rings. The van der Waals surface area contributed by atoms with Gasteiger partial charge in [0.2, 0.25) is 0 Å². The highest BCUT2D eigenvalue weighted by molar-refractivity contribution is 6.59. The van der Waals surface area contributed by atoms with Crippen molar-refractivity contribution < 1.29 is 10.0 Å². The van der Waals surface area contributed by atoms with Crippen molar-refractivity contribution in [3.63, 3.8) is 0 Å². The maximum Gasteiger partial charge on any atom is 0.488 e. The number of rotatable bonds is 5. The van der Waals surface area contributed by atoms with E-state index in [1.807, 2.05) is 0 Å². The molecule has 17 heavy (non-hydrogen) atoms. The van der Waals surface area contributed by atoms with Crippen molar-refractivity contribution >= 4 is 36.6 Å². The Hall–Kier alpha value is -0.255. The zero-order valence-corrected chi connectivity index (χ0v) is 11.6. The zero-order valence-electron chi connectivity index (χ0n) is 10.1. The Balaban J connectivity index is 0.00000256. The summed E-state index contributed by atoms with van der Waals surface area (Å²) in [5.41, 5.74) is 1.28. The summed E-state index contributed by atoms with van der Waals surface area (Å²) < 4.78 is 0. The summed E-state index contributed by atoms with van der Waals surface area (Å²) in [6, 6.07) is 5.19. The molecular weight excluding hydrogens is 260 g/mol. The fourth-order valence-electron chi connectivity index (χ4n) is 1.65. The molecule has 0 aromatic heterocycles. The second-order valence-corrected chi connectivity index (χ2v) is 4.05. The van der Waals surface area contributed by atoms with E-state index in [9.17, 15) is 10.0 Å². The average Bonchev–Trinajstić information content (AvgIpc) is 2.27. The lowest BCUT2D eigenvalue weighted by Gasteiger charge is -2.21. The van der Waals surface area contributed by atoms with Crippen LogP contribution in [0.3, 0.4) is 0 Å². The van der Waals surface area contributed by atoms with Gasteiger partial charge in [0.05, 0.1) is 0 Å². The second kappa shape index (κ2) is 7.95. The molecule has 1 aromatic rings. The van der Waals surface area contributed by atoms with Crippen LogP contribution in [0.5, 0.6) is 0 Å². The molecule has 1 rings (SSSR count). The van der Waals surface area contributed by atoms with E-state index in [1.165, 1.54) is 0 Å². The molecule has 0 fully saturated rings. The Kier molecular flexibility index (Phi) is 7.83. The Labute approximate surface area is 114 Å². The highest BCUT2D eigenvalue weighted by Gasteiger charge is 2.18. The zero-order chi connectivity index (χ0) is 12.1. The van der Waals surface area contributed by atoms with Gasteiger partial charge in [-0.2, -0.15) is 0 Å². The third-order valence-electron chi connectivity index (χ3n) is 2.71. The molecule has 0 amide bonds. The fourth-order valence-corrected chi connectivity index (χ4v) is 1.90. The predicted octanol–water partition coefficient (Wildman–Crippen LogP) is 1.28. The van der Waals surface area contributed by atoms with Crippen molar-refractivity contribution in [1.82, 2.24) is 4.90 Å². The van der Waals surface area contributed by atoms with Crippen LogP contribution in [0.25, 0.3) is 0 Å². The molecule has 6 heteroatoms. The Bertz CT molecular complexity index is 346. The minimum Gasteiger partial charge on any atom is -0.423 e. The summed E-state index contributed by atoms with van der Waals surface area (Å²) >= 11 is 6.08. The van der Waals surface area contributed by atoms with Crippen molar-refractivity contribution in [1.29, 1.82) is 0 Å². The van der Waals surface area contributed by atoms with Crippen molar-refractivity contribution in [2.24, 2.45) is 0 Å². The monoisotopic (exact) mass is 277 g/mol. The third kappa shape index (κ3) is 4.49. The molecule has 0 spiro atoms. The molecule has 0 aliphatic carbocycles. The van der Waals surface area contributed by atoms with Gasteiger partial charge in [0.15, 0.2) is 0 Å². The minimum atomic E-state index is -1.47. The molecule has 0 unspecified atom stereocenters. The first kappa shape index (κ1) is 16.7. The lowest BCUT2D eigenvalue weighted by Crippen LogP contribution is -2.36. The molecular formula is C11H18BCl2NO2. The maximum absolute atomic E-state index is 9.27. The summed E-state index contributed by atoms with van der Waals surface area (Å²) in [5.74, 6) is 0. The molecule has 1 aromatic carbocycles.